The van der Waals surface area contributed by atoms with Crippen molar-refractivity contribution in [3.05, 3.63) is 54.1 Å². The van der Waals surface area contributed by atoms with Crippen LogP contribution in [0.4, 0.5) is 13.9 Å². The normalized spacial score (nSPS) is 11.9. The van der Waals surface area contributed by atoms with E-state index >= 15 is 0 Å². The molecule has 0 aliphatic rings. The number of halogens is 2. The van der Waals surface area contributed by atoms with Crippen molar-refractivity contribution in [3.63, 3.8) is 0 Å². The maximum Gasteiger partial charge on any atom is 0.228 e. The van der Waals surface area contributed by atoms with E-state index in [1.807, 2.05) is 19.0 Å². The van der Waals surface area contributed by atoms with Crippen molar-refractivity contribution in [1.82, 2.24) is 9.88 Å². The Balaban J connectivity index is 1.71. The summed E-state index contributed by atoms with van der Waals surface area (Å²) in [7, 11) is 0.147. The summed E-state index contributed by atoms with van der Waals surface area (Å²) in [5.74, 6) is -1.37. The minimum atomic E-state index is -3.61. The molecule has 1 heterocycles. The second-order valence-electron chi connectivity index (χ2n) is 7.33. The smallest absolute Gasteiger partial charge is 0.228 e. The van der Waals surface area contributed by atoms with Crippen molar-refractivity contribution in [2.24, 2.45) is 0 Å². The fraction of sp³-hybridized carbons (Fsp3) is 0.333. The summed E-state index contributed by atoms with van der Waals surface area (Å²) in [5.41, 5.74) is 0.600. The molecule has 0 spiro atoms. The number of hydrogen-bond acceptors (Lipinski definition) is 6. The lowest BCUT2D eigenvalue weighted by atomic mass is 10.3. The van der Waals surface area contributed by atoms with Crippen molar-refractivity contribution in [1.29, 1.82) is 0 Å². The lowest BCUT2D eigenvalue weighted by Crippen LogP contribution is -2.36. The molecule has 10 heteroatoms. The first kappa shape index (κ1) is 23.2. The van der Waals surface area contributed by atoms with Crippen molar-refractivity contribution in [2.75, 3.05) is 37.8 Å². The van der Waals surface area contributed by atoms with Crippen LogP contribution in [-0.2, 0) is 14.6 Å². The third-order valence-electron chi connectivity index (χ3n) is 4.62. The lowest BCUT2D eigenvalue weighted by molar-refractivity contribution is -0.118. The van der Waals surface area contributed by atoms with E-state index in [2.05, 4.69) is 4.98 Å². The molecule has 0 bridgehead atoms. The van der Waals surface area contributed by atoms with Gasteiger partial charge in [0.15, 0.2) is 15.0 Å². The average molecular weight is 468 g/mol. The first-order valence-electron chi connectivity index (χ1n) is 9.65. The van der Waals surface area contributed by atoms with Gasteiger partial charge in [-0.25, -0.2) is 22.2 Å². The summed E-state index contributed by atoms with van der Waals surface area (Å²) < 4.78 is 52.0. The van der Waals surface area contributed by atoms with Crippen LogP contribution in [0.15, 0.2) is 47.4 Å². The van der Waals surface area contributed by atoms with Gasteiger partial charge in [-0.05, 0) is 63.0 Å². The van der Waals surface area contributed by atoms with Gasteiger partial charge in [-0.15, -0.1) is 0 Å². The Kier molecular flexibility index (Phi) is 7.34. The zero-order valence-corrected chi connectivity index (χ0v) is 18.8. The van der Waals surface area contributed by atoms with Crippen LogP contribution in [-0.4, -0.2) is 57.1 Å². The van der Waals surface area contributed by atoms with E-state index in [-0.39, 0.29) is 35.2 Å². The summed E-state index contributed by atoms with van der Waals surface area (Å²) in [6.45, 7) is 0.961. The molecule has 0 saturated carbocycles. The number of thiazole rings is 1. The highest BCUT2D eigenvalue weighted by molar-refractivity contribution is 7.91. The number of nitrogens with zero attached hydrogens (tertiary/aromatic N) is 3. The molecule has 0 atom stereocenters. The Morgan fingerprint density at radius 2 is 1.71 bits per heavy atom. The first-order valence-corrected chi connectivity index (χ1v) is 12.1. The molecule has 0 fully saturated rings. The maximum absolute atomic E-state index is 13.5. The number of carbonyl (C=O) groups excluding carboxylic acids is 1. The highest BCUT2D eigenvalue weighted by Gasteiger charge is 2.21. The Labute approximate surface area is 184 Å². The molecule has 166 valence electrons. The zero-order chi connectivity index (χ0) is 22.6. The quantitative estimate of drug-likeness (QED) is 0.449. The van der Waals surface area contributed by atoms with Crippen LogP contribution in [0.3, 0.4) is 0 Å². The standard InChI is InChI=1S/C21H23F2N3O3S2/c1-25(2)11-12-26(21-24-18-10-7-16(23)14-19(18)30-21)20(27)4-3-13-31(28,29)17-8-5-15(22)6-9-17/h5-10,14H,3-4,11-13H2,1-2H3. The number of rotatable bonds is 9. The van der Waals surface area contributed by atoms with Crippen molar-refractivity contribution >= 4 is 42.4 Å². The maximum atomic E-state index is 13.5. The lowest BCUT2D eigenvalue weighted by Gasteiger charge is -2.22. The van der Waals surface area contributed by atoms with Crippen molar-refractivity contribution in [3.8, 4) is 0 Å². The number of aromatic nitrogens is 1. The molecule has 0 N–H and O–H groups in total. The molecule has 1 aromatic heterocycles. The summed E-state index contributed by atoms with van der Waals surface area (Å²) in [6, 6.07) is 8.88. The van der Waals surface area contributed by atoms with Crippen LogP contribution in [0.2, 0.25) is 0 Å². The molecule has 31 heavy (non-hydrogen) atoms. The Hall–Kier alpha value is -2.43. The molecule has 3 aromatic rings. The number of sulfone groups is 1. The van der Waals surface area contributed by atoms with Crippen LogP contribution in [0, 0.1) is 11.6 Å². The first-order chi connectivity index (χ1) is 14.7. The Morgan fingerprint density at radius 3 is 2.39 bits per heavy atom. The highest BCUT2D eigenvalue weighted by Crippen LogP contribution is 2.30. The van der Waals surface area contributed by atoms with Gasteiger partial charge < -0.3 is 4.90 Å². The third-order valence-corrected chi connectivity index (χ3v) is 7.48. The van der Waals surface area contributed by atoms with E-state index in [0.29, 0.717) is 28.4 Å². The summed E-state index contributed by atoms with van der Waals surface area (Å²) >= 11 is 1.22. The van der Waals surface area contributed by atoms with Gasteiger partial charge in [0.1, 0.15) is 11.6 Å². The largest absolute Gasteiger partial charge is 0.308 e. The second kappa shape index (κ2) is 9.80. The van der Waals surface area contributed by atoms with Crippen LogP contribution in [0.25, 0.3) is 10.2 Å². The van der Waals surface area contributed by atoms with E-state index in [0.717, 1.165) is 12.1 Å². The molecular formula is C21H23F2N3O3S2. The van der Waals surface area contributed by atoms with Gasteiger partial charge in [0.25, 0.3) is 0 Å². The summed E-state index contributed by atoms with van der Waals surface area (Å²) in [5, 5.41) is 0.453. The van der Waals surface area contributed by atoms with E-state index in [1.54, 1.807) is 6.07 Å². The SMILES string of the molecule is CN(C)CCN(C(=O)CCCS(=O)(=O)c1ccc(F)cc1)c1nc2ccc(F)cc2s1. The van der Waals surface area contributed by atoms with Gasteiger partial charge >= 0.3 is 0 Å². The minimum absolute atomic E-state index is 0.0120. The molecular weight excluding hydrogens is 444 g/mol. The molecule has 3 rings (SSSR count). The fourth-order valence-corrected chi connectivity index (χ4v) is 5.28. The predicted molar refractivity (Wildman–Crippen MR) is 118 cm³/mol. The van der Waals surface area contributed by atoms with Crippen LogP contribution in [0.5, 0.6) is 0 Å². The molecule has 0 unspecified atom stereocenters. The number of hydrogen-bond donors (Lipinski definition) is 0. The van der Waals surface area contributed by atoms with Gasteiger partial charge in [0.05, 0.1) is 20.9 Å². The van der Waals surface area contributed by atoms with Crippen LogP contribution in [0.1, 0.15) is 12.8 Å². The summed E-state index contributed by atoms with van der Waals surface area (Å²) in [4.78, 5) is 20.8. The van der Waals surface area contributed by atoms with Crippen LogP contribution >= 0.6 is 11.3 Å². The van der Waals surface area contributed by atoms with E-state index in [1.165, 1.54) is 40.5 Å². The molecule has 0 radical (unpaired) electrons. The molecule has 1 amide bonds. The average Bonchev–Trinajstić information content (AvgIpc) is 3.10. The van der Waals surface area contributed by atoms with Crippen molar-refractivity contribution < 1.29 is 22.0 Å². The number of likely N-dealkylation sites (N-methyl/N-ethyl adjacent to an activating group) is 1. The van der Waals surface area contributed by atoms with Gasteiger partial charge in [-0.3, -0.25) is 9.69 Å². The molecule has 2 aromatic carbocycles. The molecule has 6 nitrogen and oxygen atoms in total. The highest BCUT2D eigenvalue weighted by atomic mass is 32.2. The number of benzene rings is 2. The van der Waals surface area contributed by atoms with Crippen LogP contribution < -0.4 is 4.90 Å². The molecule has 0 aliphatic heterocycles. The zero-order valence-electron chi connectivity index (χ0n) is 17.2. The molecule has 0 saturated heterocycles. The van der Waals surface area contributed by atoms with Gasteiger partial charge in [-0.1, -0.05) is 11.3 Å². The van der Waals surface area contributed by atoms with Gasteiger partial charge in [0, 0.05) is 19.5 Å². The molecule has 0 aliphatic carbocycles. The number of carbonyl (C=O) groups is 1. The second-order valence-corrected chi connectivity index (χ2v) is 10.5. The van der Waals surface area contributed by atoms with Crippen molar-refractivity contribution in [2.45, 2.75) is 17.7 Å². The Bertz CT molecular complexity index is 1160. The fourth-order valence-electron chi connectivity index (χ4n) is 2.94. The number of anilines is 1. The van der Waals surface area contributed by atoms with E-state index in [4.69, 9.17) is 0 Å². The summed E-state index contributed by atoms with van der Waals surface area (Å²) in [6.07, 6.45) is 0.134. The van der Waals surface area contributed by atoms with E-state index < -0.39 is 15.7 Å². The minimum Gasteiger partial charge on any atom is -0.308 e. The van der Waals surface area contributed by atoms with E-state index in [9.17, 15) is 22.0 Å². The topological polar surface area (TPSA) is 70.6 Å². The number of fused-ring (bicyclic) bond motifs is 1. The van der Waals surface area contributed by atoms with Gasteiger partial charge in [0.2, 0.25) is 5.91 Å². The predicted octanol–water partition coefficient (Wildman–Crippen LogP) is 3.72. The Morgan fingerprint density at radius 1 is 1.03 bits per heavy atom. The number of amides is 1. The van der Waals surface area contributed by atoms with Gasteiger partial charge in [-0.2, -0.15) is 0 Å². The third kappa shape index (κ3) is 6.05. The monoisotopic (exact) mass is 467 g/mol.